The summed E-state index contributed by atoms with van der Waals surface area (Å²) in [5, 5.41) is 35.0. The number of aliphatic hydroxyl groups is 1. The fourth-order valence-electron chi connectivity index (χ4n) is 8.14. The zero-order valence-corrected chi connectivity index (χ0v) is 40.5. The van der Waals surface area contributed by atoms with E-state index in [2.05, 4.69) is 26.6 Å². The van der Waals surface area contributed by atoms with Crippen LogP contribution in [0.5, 0.6) is 0 Å². The Morgan fingerprint density at radius 1 is 0.522 bits per heavy atom. The molecule has 0 radical (unpaired) electrons. The van der Waals surface area contributed by atoms with E-state index < -0.39 is 84.1 Å². The molecule has 11 N–H and O–H groups in total. The van der Waals surface area contributed by atoms with Gasteiger partial charge in [-0.25, -0.2) is 4.79 Å². The number of hydrogen-bond donors (Lipinski definition) is 9. The number of carboxylic acid groups (broad SMARTS) is 1. The van der Waals surface area contributed by atoms with Crippen molar-refractivity contribution in [2.24, 2.45) is 17.4 Å². The minimum atomic E-state index is -1.29. The molecule has 1 unspecified atom stereocenters. The number of primary amides is 2. The van der Waals surface area contributed by atoms with Gasteiger partial charge in [-0.15, -0.1) is 0 Å². The molecule has 0 aliphatic carbocycles. The zero-order valence-electron chi connectivity index (χ0n) is 40.5. The van der Waals surface area contributed by atoms with Crippen LogP contribution in [0.1, 0.15) is 135 Å². The largest absolute Gasteiger partial charge is 0.480 e. The molecule has 0 saturated carbocycles. The molecule has 6 atom stereocenters. The third-order valence-corrected chi connectivity index (χ3v) is 11.9. The van der Waals surface area contributed by atoms with Crippen LogP contribution < -0.4 is 38.1 Å². The summed E-state index contributed by atoms with van der Waals surface area (Å²) in [6.45, 7) is 5.16. The number of nitrogens with one attached hydrogen (secondary N) is 5. The van der Waals surface area contributed by atoms with E-state index in [9.17, 15) is 48.6 Å². The first-order valence-electron chi connectivity index (χ1n) is 24.4. The number of carboxylic acids is 1. The van der Waals surface area contributed by atoms with Gasteiger partial charge in [0.05, 0.1) is 12.5 Å². The maximum atomic E-state index is 13.6. The van der Waals surface area contributed by atoms with Gasteiger partial charge in [-0.05, 0) is 54.0 Å². The molecule has 3 aromatic rings. The first-order valence-corrected chi connectivity index (χ1v) is 24.4. The molecular weight excluding hydrogens is 883 g/mol. The van der Waals surface area contributed by atoms with Crippen molar-refractivity contribution in [3.8, 4) is 0 Å². The molecule has 0 aromatic heterocycles. The number of unbranched alkanes of at least 4 members (excludes halogenated alkanes) is 11. The maximum Gasteiger partial charge on any atom is 0.326 e. The quantitative estimate of drug-likeness (QED) is 0.0381. The van der Waals surface area contributed by atoms with Crippen molar-refractivity contribution in [2.75, 3.05) is 0 Å². The Morgan fingerprint density at radius 2 is 1.01 bits per heavy atom. The molecule has 0 spiro atoms. The summed E-state index contributed by atoms with van der Waals surface area (Å²) >= 11 is 0. The van der Waals surface area contributed by atoms with Gasteiger partial charge in [0.1, 0.15) is 30.2 Å². The third kappa shape index (κ3) is 22.1. The van der Waals surface area contributed by atoms with Crippen molar-refractivity contribution in [2.45, 2.75) is 173 Å². The highest BCUT2D eigenvalue weighted by Gasteiger charge is 2.32. The molecule has 7 amide bonds. The van der Waals surface area contributed by atoms with Crippen LogP contribution in [0, 0.1) is 5.92 Å². The summed E-state index contributed by atoms with van der Waals surface area (Å²) in [6, 6.07) is 16.3. The number of carbonyl (C=O) groups excluding carboxylic acids is 7. The Morgan fingerprint density at radius 3 is 1.55 bits per heavy atom. The summed E-state index contributed by atoms with van der Waals surface area (Å²) < 4.78 is 0. The van der Waals surface area contributed by atoms with Crippen LogP contribution >= 0.6 is 0 Å². The molecule has 3 aromatic carbocycles. The summed E-state index contributed by atoms with van der Waals surface area (Å²) in [6.07, 6.45) is 10.1. The van der Waals surface area contributed by atoms with Gasteiger partial charge in [0.2, 0.25) is 41.4 Å². The first-order chi connectivity index (χ1) is 32.9. The Bertz CT molecular complexity index is 2130. The molecule has 69 heavy (non-hydrogen) atoms. The van der Waals surface area contributed by atoms with Crippen LogP contribution in [0.15, 0.2) is 72.8 Å². The second-order valence-electron chi connectivity index (χ2n) is 18.4. The zero-order chi connectivity index (χ0) is 50.7. The lowest BCUT2D eigenvalue weighted by atomic mass is 9.97. The van der Waals surface area contributed by atoms with Gasteiger partial charge < -0.3 is 48.3 Å². The molecule has 3 rings (SSSR count). The lowest BCUT2D eigenvalue weighted by Gasteiger charge is -2.27. The minimum Gasteiger partial charge on any atom is -0.480 e. The average Bonchev–Trinajstić information content (AvgIpc) is 3.29. The lowest BCUT2D eigenvalue weighted by Crippen LogP contribution is -2.59. The van der Waals surface area contributed by atoms with E-state index in [1.165, 1.54) is 6.92 Å². The predicted molar refractivity (Wildman–Crippen MR) is 264 cm³/mol. The van der Waals surface area contributed by atoms with Crippen LogP contribution in [0.25, 0.3) is 10.8 Å². The van der Waals surface area contributed by atoms with Crippen LogP contribution in [0.3, 0.4) is 0 Å². The smallest absolute Gasteiger partial charge is 0.326 e. The van der Waals surface area contributed by atoms with Crippen molar-refractivity contribution in [1.82, 2.24) is 26.6 Å². The van der Waals surface area contributed by atoms with Crippen LogP contribution in [-0.2, 0) is 51.2 Å². The van der Waals surface area contributed by atoms with E-state index in [1.807, 2.05) is 56.3 Å². The van der Waals surface area contributed by atoms with Gasteiger partial charge in [-0.1, -0.05) is 151 Å². The van der Waals surface area contributed by atoms with E-state index in [-0.39, 0.29) is 43.9 Å². The van der Waals surface area contributed by atoms with E-state index in [0.29, 0.717) is 18.4 Å². The third-order valence-electron chi connectivity index (χ3n) is 11.9. The van der Waals surface area contributed by atoms with Crippen molar-refractivity contribution in [1.29, 1.82) is 0 Å². The Kier molecular flexibility index (Phi) is 25.5. The predicted octanol–water partition coefficient (Wildman–Crippen LogP) is 4.38. The van der Waals surface area contributed by atoms with Crippen molar-refractivity contribution in [3.05, 3.63) is 83.9 Å². The Balaban J connectivity index is 1.29. The van der Waals surface area contributed by atoms with Gasteiger partial charge in [0.25, 0.3) is 0 Å². The summed E-state index contributed by atoms with van der Waals surface area (Å²) in [5.41, 5.74) is 12.6. The molecule has 0 fully saturated rings. The summed E-state index contributed by atoms with van der Waals surface area (Å²) in [7, 11) is 0. The van der Waals surface area contributed by atoms with Gasteiger partial charge in [-0.3, -0.25) is 33.6 Å². The number of benzene rings is 3. The second kappa shape index (κ2) is 30.9. The van der Waals surface area contributed by atoms with Gasteiger partial charge in [-0.2, -0.15) is 0 Å². The molecule has 0 aliphatic heterocycles. The Hall–Kier alpha value is -6.36. The summed E-state index contributed by atoms with van der Waals surface area (Å²) in [4.78, 5) is 101. The van der Waals surface area contributed by atoms with Gasteiger partial charge >= 0.3 is 5.97 Å². The highest BCUT2D eigenvalue weighted by molar-refractivity contribution is 5.95. The maximum absolute atomic E-state index is 13.6. The highest BCUT2D eigenvalue weighted by atomic mass is 16.4. The minimum absolute atomic E-state index is 0.0192. The normalized spacial score (nSPS) is 13.8. The van der Waals surface area contributed by atoms with E-state index >= 15 is 0 Å². The fourth-order valence-corrected chi connectivity index (χ4v) is 8.14. The number of rotatable bonds is 34. The topological polar surface area (TPSA) is 289 Å². The second-order valence-corrected chi connectivity index (χ2v) is 18.4. The monoisotopic (exact) mass is 958 g/mol. The molecule has 0 saturated heterocycles. The summed E-state index contributed by atoms with van der Waals surface area (Å²) in [5.74, 6) is -5.68. The number of amides is 7. The van der Waals surface area contributed by atoms with Crippen molar-refractivity contribution in [3.63, 3.8) is 0 Å². The number of carbonyl (C=O) groups is 8. The van der Waals surface area contributed by atoms with Gasteiger partial charge in [0, 0.05) is 25.7 Å². The lowest BCUT2D eigenvalue weighted by molar-refractivity contribution is -0.142. The molecule has 0 bridgehead atoms. The number of fused-ring (bicyclic) bond motifs is 1. The van der Waals surface area contributed by atoms with Crippen LogP contribution in [0.2, 0.25) is 0 Å². The SMILES string of the molecule is CC(C)C[C@H](NC(=O)[C@@H](NC(=O)CCCCCCCCCCCCCCC(=O)N[C@@H](CC(N)=O)C(=O)N[C@@H](Cc1ccccc1)C(=O)O)C(C)O)C(=O)N[C@@H](Cc1cccc2ccccc12)C(N)=O. The van der Waals surface area contributed by atoms with Gasteiger partial charge in [0.15, 0.2) is 0 Å². The average molecular weight is 958 g/mol. The van der Waals surface area contributed by atoms with E-state index in [1.54, 1.807) is 30.3 Å². The van der Waals surface area contributed by atoms with Crippen LogP contribution in [0.4, 0.5) is 0 Å². The molecule has 0 heterocycles. The standard InChI is InChI=1S/C52H75N7O10/c1-34(2)30-41(49(65)56-40(48(54)64)32-38-26-21-25-37-24-19-20-27-39(37)38)57-51(67)47(35(3)60)59-46(63)29-18-13-11-9-7-5-4-6-8-10-12-17-28-45(62)55-42(33-44(53)61)50(66)58-43(52(68)69)31-36-22-15-14-16-23-36/h14-16,19-27,34-35,40-43,47,60H,4-13,17-18,28-33H2,1-3H3,(H2,53,61)(H2,54,64)(H,55,62)(H,56,65)(H,57,67)(H,58,66)(H,59,63)(H,68,69)/t35?,40-,41-,42-,43-,47-/m0/s1. The molecule has 378 valence electrons. The highest BCUT2D eigenvalue weighted by Crippen LogP contribution is 2.20. The Labute approximate surface area is 406 Å². The number of aliphatic hydroxyl groups excluding tert-OH is 1. The first kappa shape index (κ1) is 57.0. The molecule has 17 nitrogen and oxygen atoms in total. The van der Waals surface area contributed by atoms with E-state index in [0.717, 1.165) is 80.5 Å². The van der Waals surface area contributed by atoms with Crippen LogP contribution in [-0.4, -0.2) is 93.8 Å². The molecule has 0 aliphatic rings. The molecular formula is C52H75N7O10. The van der Waals surface area contributed by atoms with Crippen molar-refractivity contribution < 1.29 is 48.6 Å². The molecule has 17 heteroatoms. The van der Waals surface area contributed by atoms with Crippen molar-refractivity contribution >= 4 is 58.1 Å². The fraction of sp³-hybridized carbons (Fsp3) is 0.538. The number of aliphatic carboxylic acids is 1. The van der Waals surface area contributed by atoms with E-state index in [4.69, 9.17) is 11.5 Å². The number of hydrogen-bond acceptors (Lipinski definition) is 9. The number of nitrogens with two attached hydrogens (primary N) is 2.